The Balaban J connectivity index is 1.47. The molecule has 2 aliphatic rings. The summed E-state index contributed by atoms with van der Waals surface area (Å²) in [6.45, 7) is 7.27. The van der Waals surface area contributed by atoms with Crippen molar-refractivity contribution in [2.45, 2.75) is 90.1 Å². The van der Waals surface area contributed by atoms with Crippen molar-refractivity contribution < 1.29 is 41.8 Å². The minimum absolute atomic E-state index is 0.0336. The predicted molar refractivity (Wildman–Crippen MR) is 154 cm³/mol. The molecule has 8 nitrogen and oxygen atoms in total. The summed E-state index contributed by atoms with van der Waals surface area (Å²) in [5, 5.41) is 0. The number of hydrogen-bond donors (Lipinski definition) is 0. The number of ether oxygens (including phenoxy) is 3. The van der Waals surface area contributed by atoms with Crippen LogP contribution in [-0.2, 0) is 38.3 Å². The van der Waals surface area contributed by atoms with Gasteiger partial charge in [0.1, 0.15) is 24.0 Å². The summed E-state index contributed by atoms with van der Waals surface area (Å²) in [5.41, 5.74) is 1.70. The van der Waals surface area contributed by atoms with Gasteiger partial charge in [-0.1, -0.05) is 18.6 Å². The van der Waals surface area contributed by atoms with Crippen molar-refractivity contribution in [2.24, 2.45) is 0 Å². The fourth-order valence-corrected chi connectivity index (χ4v) is 5.48. The average Bonchev–Trinajstić information content (AvgIpc) is 3.33. The summed E-state index contributed by atoms with van der Waals surface area (Å²) < 4.78 is 57.6. The first kappa shape index (κ1) is 32.2. The summed E-state index contributed by atoms with van der Waals surface area (Å²) in [4.78, 5) is 41.1. The molecule has 4 rings (SSSR count). The van der Waals surface area contributed by atoms with Crippen LogP contribution in [0.5, 0.6) is 5.75 Å². The second-order valence-electron chi connectivity index (χ2n) is 12.2. The van der Waals surface area contributed by atoms with Gasteiger partial charge in [0, 0.05) is 19.3 Å². The van der Waals surface area contributed by atoms with Crippen LogP contribution in [0.1, 0.15) is 80.2 Å². The van der Waals surface area contributed by atoms with E-state index in [2.05, 4.69) is 0 Å². The number of likely N-dealkylation sites (N-methyl/N-ethyl adjacent to an activating group) is 1. The third kappa shape index (κ3) is 7.25. The molecule has 1 fully saturated rings. The van der Waals surface area contributed by atoms with Crippen molar-refractivity contribution in [3.8, 4) is 5.75 Å². The van der Waals surface area contributed by atoms with E-state index in [4.69, 9.17) is 14.2 Å². The largest absolute Gasteiger partial charge is 0.489 e. The Morgan fingerprint density at radius 3 is 2.37 bits per heavy atom. The summed E-state index contributed by atoms with van der Waals surface area (Å²) >= 11 is 0. The minimum Gasteiger partial charge on any atom is -0.489 e. The number of fused-ring (bicyclic) bond motifs is 1. The maximum absolute atomic E-state index is 13.8. The van der Waals surface area contributed by atoms with E-state index < -0.39 is 35.4 Å². The van der Waals surface area contributed by atoms with E-state index in [-0.39, 0.29) is 24.9 Å². The highest BCUT2D eigenvalue weighted by Crippen LogP contribution is 2.43. The maximum Gasteiger partial charge on any atom is 0.416 e. The number of rotatable bonds is 8. The number of carbonyl (C=O) groups is 3. The van der Waals surface area contributed by atoms with Crippen LogP contribution in [0.3, 0.4) is 0 Å². The van der Waals surface area contributed by atoms with E-state index in [1.54, 1.807) is 49.9 Å². The Labute approximate surface area is 250 Å². The molecule has 1 saturated carbocycles. The van der Waals surface area contributed by atoms with Crippen LogP contribution in [0, 0.1) is 6.92 Å². The van der Waals surface area contributed by atoms with E-state index >= 15 is 0 Å². The first-order valence-corrected chi connectivity index (χ1v) is 14.4. The minimum atomic E-state index is -4.44. The molecule has 2 aromatic rings. The number of amides is 2. The number of benzene rings is 2. The van der Waals surface area contributed by atoms with Crippen molar-refractivity contribution in [3.63, 3.8) is 0 Å². The number of nitrogens with zero attached hydrogens (tertiary/aromatic N) is 2. The predicted octanol–water partition coefficient (Wildman–Crippen LogP) is 6.55. The third-order valence-electron chi connectivity index (χ3n) is 8.05. The van der Waals surface area contributed by atoms with Gasteiger partial charge in [-0.2, -0.15) is 13.2 Å². The van der Waals surface area contributed by atoms with E-state index in [1.165, 1.54) is 20.2 Å². The van der Waals surface area contributed by atoms with Gasteiger partial charge in [0.2, 0.25) is 5.91 Å². The Bertz CT molecular complexity index is 1380. The Hall–Kier alpha value is -3.76. The molecule has 1 unspecified atom stereocenters. The van der Waals surface area contributed by atoms with Crippen LogP contribution in [0.2, 0.25) is 0 Å². The zero-order valence-electron chi connectivity index (χ0n) is 25.5. The Kier molecular flexibility index (Phi) is 9.32. The van der Waals surface area contributed by atoms with Crippen molar-refractivity contribution in [1.82, 2.24) is 4.90 Å². The monoisotopic (exact) mass is 604 g/mol. The molecule has 0 saturated heterocycles. The lowest BCUT2D eigenvalue weighted by molar-refractivity contribution is -0.148. The second-order valence-corrected chi connectivity index (χ2v) is 12.2. The normalized spacial score (nSPS) is 15.8. The maximum atomic E-state index is 13.8. The average molecular weight is 605 g/mol. The zero-order chi connectivity index (χ0) is 31.7. The molecule has 0 radical (unpaired) electrons. The van der Waals surface area contributed by atoms with Crippen molar-refractivity contribution in [3.05, 3.63) is 58.1 Å². The van der Waals surface area contributed by atoms with Crippen molar-refractivity contribution in [2.75, 3.05) is 25.6 Å². The third-order valence-corrected chi connectivity index (χ3v) is 8.05. The molecule has 1 heterocycles. The first-order valence-electron chi connectivity index (χ1n) is 14.4. The number of anilines is 1. The van der Waals surface area contributed by atoms with Crippen LogP contribution in [0.25, 0.3) is 0 Å². The Morgan fingerprint density at radius 1 is 1.09 bits per heavy atom. The number of alkyl halides is 3. The highest BCUT2D eigenvalue weighted by atomic mass is 19.4. The van der Waals surface area contributed by atoms with E-state index in [1.807, 2.05) is 6.92 Å². The Morgan fingerprint density at radius 2 is 1.79 bits per heavy atom. The molecule has 234 valence electrons. The fourth-order valence-electron chi connectivity index (χ4n) is 5.48. The lowest BCUT2D eigenvalue weighted by Gasteiger charge is -2.30. The number of methoxy groups -OCH3 is 1. The quantitative estimate of drug-likeness (QED) is 0.318. The SMILES string of the molecule is COC(=O)C(CC(=O)N1CCc2c1ccc(OCc1ccc(C3CCC3)c(C(F)(F)F)c1)c2C)N(C)C(=O)OC(C)(C)C. The number of carbonyl (C=O) groups excluding carboxylic acids is 3. The standard InChI is InChI=1S/C32H39F3N2O6/c1-19-22-14-15-37(28(38)17-26(29(39)41-6)36(5)30(40)43-31(2,3)4)25(22)12-13-27(19)42-18-20-10-11-23(21-8-7-9-21)24(16-20)32(33,34)35/h10-13,16,21,26H,7-9,14-15,17-18H2,1-6H3. The highest BCUT2D eigenvalue weighted by molar-refractivity contribution is 5.99. The van der Waals surface area contributed by atoms with Crippen LogP contribution in [0.15, 0.2) is 30.3 Å². The lowest BCUT2D eigenvalue weighted by Crippen LogP contribution is -2.48. The van der Waals surface area contributed by atoms with Crippen molar-refractivity contribution in [1.29, 1.82) is 0 Å². The molecule has 2 aromatic carbocycles. The molecule has 1 aliphatic heterocycles. The second kappa shape index (κ2) is 12.5. The van der Waals surface area contributed by atoms with Gasteiger partial charge >= 0.3 is 18.2 Å². The van der Waals surface area contributed by atoms with Gasteiger partial charge in [-0.3, -0.25) is 9.69 Å². The molecule has 2 amide bonds. The lowest BCUT2D eigenvalue weighted by atomic mass is 9.78. The number of esters is 1. The topological polar surface area (TPSA) is 85.4 Å². The molecular formula is C32H39F3N2O6. The van der Waals surface area contributed by atoms with E-state index in [0.717, 1.165) is 35.3 Å². The van der Waals surface area contributed by atoms with Crippen LogP contribution < -0.4 is 9.64 Å². The highest BCUT2D eigenvalue weighted by Gasteiger charge is 2.38. The summed E-state index contributed by atoms with van der Waals surface area (Å²) in [7, 11) is 2.57. The molecule has 11 heteroatoms. The molecule has 0 aromatic heterocycles. The molecular weight excluding hydrogens is 565 g/mol. The van der Waals surface area contributed by atoms with Gasteiger partial charge in [-0.25, -0.2) is 9.59 Å². The fraction of sp³-hybridized carbons (Fsp3) is 0.531. The molecule has 43 heavy (non-hydrogen) atoms. The number of halogens is 3. The van der Waals surface area contributed by atoms with Gasteiger partial charge < -0.3 is 19.1 Å². The van der Waals surface area contributed by atoms with Gasteiger partial charge in [-0.05, 0) is 93.3 Å². The van der Waals surface area contributed by atoms with Gasteiger partial charge in [0.25, 0.3) is 0 Å². The van der Waals surface area contributed by atoms with E-state index in [9.17, 15) is 27.6 Å². The zero-order valence-corrected chi connectivity index (χ0v) is 25.5. The van der Waals surface area contributed by atoms with Gasteiger partial charge in [-0.15, -0.1) is 0 Å². The van der Waals surface area contributed by atoms with Gasteiger partial charge in [0.05, 0.1) is 19.1 Å². The smallest absolute Gasteiger partial charge is 0.416 e. The molecule has 1 atom stereocenters. The van der Waals surface area contributed by atoms with E-state index in [0.29, 0.717) is 35.5 Å². The summed E-state index contributed by atoms with van der Waals surface area (Å²) in [6, 6.07) is 6.69. The van der Waals surface area contributed by atoms with Crippen LogP contribution in [0.4, 0.5) is 23.7 Å². The van der Waals surface area contributed by atoms with Crippen molar-refractivity contribution >= 4 is 23.7 Å². The van der Waals surface area contributed by atoms with Gasteiger partial charge in [0.15, 0.2) is 0 Å². The van der Waals surface area contributed by atoms with Crippen LogP contribution >= 0.6 is 0 Å². The van der Waals surface area contributed by atoms with Crippen LogP contribution in [-0.4, -0.2) is 55.2 Å². The summed E-state index contributed by atoms with van der Waals surface area (Å²) in [5.74, 6) is -0.641. The number of hydrogen-bond acceptors (Lipinski definition) is 6. The first-order chi connectivity index (χ1) is 20.1. The molecule has 0 spiro atoms. The molecule has 0 bridgehead atoms. The summed E-state index contributed by atoms with van der Waals surface area (Å²) in [6.07, 6.45) is -2.47. The molecule has 0 N–H and O–H groups in total. The molecule has 1 aliphatic carbocycles.